The van der Waals surface area contributed by atoms with Crippen LogP contribution in [0.1, 0.15) is 12.5 Å². The molecule has 0 radical (unpaired) electrons. The van der Waals surface area contributed by atoms with Crippen molar-refractivity contribution < 1.29 is 53.1 Å². The first kappa shape index (κ1) is 28.9. The number of fused-ring (bicyclic) bond motifs is 2. The van der Waals surface area contributed by atoms with Gasteiger partial charge < -0.3 is 45.3 Å². The van der Waals surface area contributed by atoms with E-state index in [1.807, 2.05) is 0 Å². The molecule has 0 saturated carbocycles. The van der Waals surface area contributed by atoms with Crippen LogP contribution >= 0.6 is 7.82 Å². The van der Waals surface area contributed by atoms with Crippen LogP contribution in [0.25, 0.3) is 22.3 Å². The Morgan fingerprint density at radius 3 is 2.53 bits per heavy atom. The van der Waals surface area contributed by atoms with Gasteiger partial charge in [0.2, 0.25) is 18.1 Å². The largest absolute Gasteiger partial charge is 0.506 e. The average Bonchev–Trinajstić information content (AvgIpc) is 3.72. The molecule has 43 heavy (non-hydrogen) atoms. The predicted octanol–water partition coefficient (Wildman–Crippen LogP) is -1.69. The second kappa shape index (κ2) is 10.8. The third-order valence-corrected chi connectivity index (χ3v) is 7.75. The summed E-state index contributed by atoms with van der Waals surface area (Å²) in [6.45, 7) is -1.42. The summed E-state index contributed by atoms with van der Waals surface area (Å²) in [5, 5.41) is 40.7. The maximum Gasteiger partial charge on any atom is 0.473 e. The standard InChI is InChI=1S/C21H24N9O12P/c1-38-13-7(2-31)40-20(30-6-26-10-16(30)27-21(22)28-18(10)35)14(13)42-43(36,37)39-3-8-11(32)12(33)19(41-8)29-5-25-9-15(29)23-4-24-17(9)34/h4-7,12-14,19-20,31-33H,2-3H2,1H3,(H,36,37)(H,23,24,34)(H3,22,27,28,35)/t7-,12-,13-,14-,19-,20-/m1/s1. The fourth-order valence-corrected chi connectivity index (χ4v) is 5.72. The summed E-state index contributed by atoms with van der Waals surface area (Å²) in [5.41, 5.74) is 4.95. The van der Waals surface area contributed by atoms with E-state index in [4.69, 9.17) is 29.0 Å². The first-order chi connectivity index (χ1) is 20.5. The highest BCUT2D eigenvalue weighted by atomic mass is 31.2. The number of nitrogen functional groups attached to an aromatic ring is 1. The van der Waals surface area contributed by atoms with Crippen LogP contribution in [0, 0.1) is 0 Å². The lowest BCUT2D eigenvalue weighted by atomic mass is 10.1. The van der Waals surface area contributed by atoms with Crippen molar-refractivity contribution >= 4 is 36.1 Å². The van der Waals surface area contributed by atoms with Crippen LogP contribution in [-0.2, 0) is 27.8 Å². The molecule has 1 unspecified atom stereocenters. The lowest BCUT2D eigenvalue weighted by Crippen LogP contribution is -2.36. The quantitative estimate of drug-likeness (QED) is 0.102. The Balaban J connectivity index is 1.22. The zero-order chi connectivity index (χ0) is 30.6. The van der Waals surface area contributed by atoms with Crippen LogP contribution in [0.3, 0.4) is 0 Å². The summed E-state index contributed by atoms with van der Waals surface area (Å²) < 4.78 is 42.8. The van der Waals surface area contributed by atoms with Crippen molar-refractivity contribution in [2.75, 3.05) is 26.1 Å². The first-order valence-corrected chi connectivity index (χ1v) is 13.8. The first-order valence-electron chi connectivity index (χ1n) is 12.3. The van der Waals surface area contributed by atoms with Crippen LogP contribution in [0.15, 0.2) is 35.3 Å². The van der Waals surface area contributed by atoms with E-state index in [1.165, 1.54) is 28.9 Å². The second-order valence-corrected chi connectivity index (χ2v) is 10.7. The zero-order valence-corrected chi connectivity index (χ0v) is 22.8. The number of aromatic amines is 1. The Morgan fingerprint density at radius 1 is 1.09 bits per heavy atom. The molecule has 1 saturated heterocycles. The Hall–Kier alpha value is -4.21. The molecule has 8 N–H and O–H groups in total. The molecule has 2 aliphatic heterocycles. The zero-order valence-electron chi connectivity index (χ0n) is 21.9. The number of methoxy groups -OCH3 is 1. The van der Waals surface area contributed by atoms with Gasteiger partial charge in [-0.15, -0.1) is 0 Å². The molecule has 0 bridgehead atoms. The minimum atomic E-state index is -5.04. The molecule has 0 aromatic carbocycles. The van der Waals surface area contributed by atoms with Crippen molar-refractivity contribution in [3.05, 3.63) is 40.9 Å². The monoisotopic (exact) mass is 625 g/mol. The van der Waals surface area contributed by atoms with Gasteiger partial charge in [0.15, 0.2) is 46.2 Å². The SMILES string of the molecule is CO[C@H]1[C@@H](OP(=O)(O)OCC2=C(O)[C@@H](O)[C@H](n3cnc4c(O)ncnc43)O2)[C@H](n2cnc3c(=O)[nH]c(N)nc32)O[C@@H]1CO. The van der Waals surface area contributed by atoms with E-state index in [-0.39, 0.29) is 28.3 Å². The molecule has 1 fully saturated rings. The molecule has 6 rings (SSSR count). The number of ether oxygens (including phenoxy) is 3. The summed E-state index contributed by atoms with van der Waals surface area (Å²) in [5.74, 6) is -1.77. The molecule has 21 nitrogen and oxygen atoms in total. The smallest absolute Gasteiger partial charge is 0.473 e. The Bertz CT molecular complexity index is 1820. The number of aliphatic hydroxyl groups excluding tert-OH is 3. The van der Waals surface area contributed by atoms with Crippen molar-refractivity contribution in [2.45, 2.75) is 36.9 Å². The number of phosphoric ester groups is 1. The Labute approximate surface area is 238 Å². The number of aromatic hydroxyl groups is 1. The van der Waals surface area contributed by atoms with Gasteiger partial charge in [-0.1, -0.05) is 0 Å². The average molecular weight is 625 g/mol. The van der Waals surface area contributed by atoms with E-state index in [1.54, 1.807) is 0 Å². The van der Waals surface area contributed by atoms with E-state index in [0.717, 1.165) is 6.33 Å². The highest BCUT2D eigenvalue weighted by molar-refractivity contribution is 7.47. The maximum atomic E-state index is 13.1. The van der Waals surface area contributed by atoms with Gasteiger partial charge in [-0.25, -0.2) is 19.5 Å². The summed E-state index contributed by atoms with van der Waals surface area (Å²) in [6.07, 6.45) is -4.50. The number of H-pyrrole nitrogens is 1. The summed E-state index contributed by atoms with van der Waals surface area (Å²) >= 11 is 0. The molecule has 22 heteroatoms. The van der Waals surface area contributed by atoms with E-state index in [0.29, 0.717) is 0 Å². The summed E-state index contributed by atoms with van der Waals surface area (Å²) in [4.78, 5) is 44.8. The molecule has 2 aliphatic rings. The normalized spacial score (nSPS) is 27.3. The van der Waals surface area contributed by atoms with E-state index in [2.05, 4.69) is 29.9 Å². The van der Waals surface area contributed by atoms with Gasteiger partial charge >= 0.3 is 7.82 Å². The number of hydrogen-bond donors (Lipinski definition) is 7. The number of aromatic nitrogens is 8. The lowest BCUT2D eigenvalue weighted by Gasteiger charge is -2.25. The van der Waals surface area contributed by atoms with Crippen LogP contribution in [0.4, 0.5) is 5.95 Å². The predicted molar refractivity (Wildman–Crippen MR) is 138 cm³/mol. The van der Waals surface area contributed by atoms with Crippen LogP contribution in [0.2, 0.25) is 0 Å². The number of nitrogens with two attached hydrogens (primary N) is 1. The molecule has 7 atom stereocenters. The molecule has 6 heterocycles. The fourth-order valence-electron chi connectivity index (χ4n) is 4.84. The molecule has 4 aromatic rings. The van der Waals surface area contributed by atoms with Crippen molar-refractivity contribution in [3.8, 4) is 5.88 Å². The third kappa shape index (κ3) is 4.96. The number of nitrogens with one attached hydrogen (secondary N) is 1. The van der Waals surface area contributed by atoms with Crippen molar-refractivity contribution in [2.24, 2.45) is 0 Å². The highest BCUT2D eigenvalue weighted by Crippen LogP contribution is 2.50. The van der Waals surface area contributed by atoms with Crippen LogP contribution in [-0.4, -0.2) is 109 Å². The molecule has 0 amide bonds. The number of phosphoric acid groups is 1. The third-order valence-electron chi connectivity index (χ3n) is 6.79. The molecular formula is C21H24N9O12P. The summed E-state index contributed by atoms with van der Waals surface area (Å²) in [7, 11) is -3.78. The van der Waals surface area contributed by atoms with Gasteiger partial charge in [0.05, 0.1) is 12.9 Å². The molecule has 0 aliphatic carbocycles. The number of nitrogens with zero attached hydrogens (tertiary/aromatic N) is 7. The Morgan fingerprint density at radius 2 is 1.81 bits per heavy atom. The number of anilines is 1. The number of aliphatic hydroxyl groups is 3. The van der Waals surface area contributed by atoms with Gasteiger partial charge in [0, 0.05) is 7.11 Å². The second-order valence-electron chi connectivity index (χ2n) is 9.32. The van der Waals surface area contributed by atoms with Gasteiger partial charge in [0.1, 0.15) is 37.6 Å². The van der Waals surface area contributed by atoms with Gasteiger partial charge in [-0.3, -0.25) is 28.0 Å². The van der Waals surface area contributed by atoms with E-state index in [9.17, 15) is 34.7 Å². The van der Waals surface area contributed by atoms with E-state index < -0.39 is 80.9 Å². The number of imidazole rings is 2. The van der Waals surface area contributed by atoms with Crippen molar-refractivity contribution in [1.82, 2.24) is 39.0 Å². The minimum absolute atomic E-state index is 0.00568. The van der Waals surface area contributed by atoms with Crippen LogP contribution in [0.5, 0.6) is 5.88 Å². The highest BCUT2D eigenvalue weighted by Gasteiger charge is 2.50. The molecule has 0 spiro atoms. The fraction of sp³-hybridized carbons (Fsp3) is 0.429. The van der Waals surface area contributed by atoms with Gasteiger partial charge in [0.25, 0.3) is 5.56 Å². The van der Waals surface area contributed by atoms with Crippen molar-refractivity contribution in [1.29, 1.82) is 0 Å². The Kier molecular flexibility index (Phi) is 7.26. The van der Waals surface area contributed by atoms with Crippen LogP contribution < -0.4 is 11.3 Å². The van der Waals surface area contributed by atoms with Gasteiger partial charge in [-0.2, -0.15) is 9.97 Å². The van der Waals surface area contributed by atoms with E-state index >= 15 is 0 Å². The molecular weight excluding hydrogens is 601 g/mol. The topological polar surface area (TPSA) is 298 Å². The minimum Gasteiger partial charge on any atom is -0.506 e. The molecule has 230 valence electrons. The molecule has 4 aromatic heterocycles. The lowest BCUT2D eigenvalue weighted by molar-refractivity contribution is -0.0538. The number of hydrogen-bond acceptors (Lipinski definition) is 17. The van der Waals surface area contributed by atoms with Crippen molar-refractivity contribution in [3.63, 3.8) is 0 Å². The number of rotatable bonds is 9. The van der Waals surface area contributed by atoms with Gasteiger partial charge in [-0.05, 0) is 0 Å². The summed E-state index contributed by atoms with van der Waals surface area (Å²) in [6, 6.07) is 0. The maximum absolute atomic E-state index is 13.1.